The zero-order valence-electron chi connectivity index (χ0n) is 57.5. The first-order chi connectivity index (χ1) is 42.0. The van der Waals surface area contributed by atoms with Crippen LogP contribution in [0.2, 0.25) is 0 Å². The molecule has 86 heavy (non-hydrogen) atoms. The van der Waals surface area contributed by atoms with Crippen molar-refractivity contribution in [2.45, 2.75) is 367 Å². The summed E-state index contributed by atoms with van der Waals surface area (Å²) in [5.74, 6) is -0.810. The molecule has 0 aromatic carbocycles. The number of carbonyl (C=O) groups excluding carboxylic acids is 2. The molecule has 9 nitrogen and oxygen atoms in total. The Morgan fingerprint density at radius 2 is 0.663 bits per heavy atom. The highest BCUT2D eigenvalue weighted by atomic mass is 31.2. The Morgan fingerprint density at radius 1 is 0.372 bits per heavy atom. The Hall–Kier alpha value is -2.29. The van der Waals surface area contributed by atoms with Gasteiger partial charge in [0.05, 0.1) is 27.7 Å². The molecule has 0 aliphatic rings. The van der Waals surface area contributed by atoms with Crippen molar-refractivity contribution >= 4 is 19.8 Å². The molecule has 0 aromatic heterocycles. The summed E-state index contributed by atoms with van der Waals surface area (Å²) in [5.41, 5.74) is 0. The molecule has 2 unspecified atom stereocenters. The van der Waals surface area contributed by atoms with Crippen LogP contribution in [0.15, 0.2) is 60.8 Å². The van der Waals surface area contributed by atoms with Gasteiger partial charge in [-0.1, -0.05) is 351 Å². The maximum Gasteiger partial charge on any atom is 0.306 e. The number of phosphoric acid groups is 1. The van der Waals surface area contributed by atoms with Gasteiger partial charge in [-0.3, -0.25) is 14.2 Å². The predicted molar refractivity (Wildman–Crippen MR) is 370 cm³/mol. The van der Waals surface area contributed by atoms with Gasteiger partial charge in [0, 0.05) is 12.8 Å². The minimum atomic E-state index is -4.64. The van der Waals surface area contributed by atoms with Gasteiger partial charge in [0.15, 0.2) is 6.10 Å². The Balaban J connectivity index is 3.89. The lowest BCUT2D eigenvalue weighted by molar-refractivity contribution is -0.870. The number of esters is 2. The molecule has 0 saturated carbocycles. The molecule has 504 valence electrons. The summed E-state index contributed by atoms with van der Waals surface area (Å²) < 4.78 is 34.3. The van der Waals surface area contributed by atoms with Gasteiger partial charge in [-0.05, 0) is 57.8 Å². The first-order valence-corrected chi connectivity index (χ1v) is 38.5. The van der Waals surface area contributed by atoms with E-state index in [1.54, 1.807) is 0 Å². The van der Waals surface area contributed by atoms with Gasteiger partial charge < -0.3 is 27.9 Å². The summed E-state index contributed by atoms with van der Waals surface area (Å²) in [6.45, 7) is 4.19. The van der Waals surface area contributed by atoms with E-state index in [0.29, 0.717) is 17.4 Å². The number of hydrogen-bond donors (Lipinski definition) is 0. The number of likely N-dealkylation sites (N-methyl/N-ethyl adjacent to an activating group) is 1. The second-order valence-electron chi connectivity index (χ2n) is 26.3. The molecule has 10 heteroatoms. The number of rotatable bonds is 69. The minimum Gasteiger partial charge on any atom is -0.756 e. The molecular weight excluding hydrogens is 1090 g/mol. The lowest BCUT2D eigenvalue weighted by atomic mass is 10.0. The number of allylic oxidation sites excluding steroid dienone is 10. The van der Waals surface area contributed by atoms with Crippen LogP contribution >= 0.6 is 7.82 Å². The Bertz CT molecular complexity index is 1630. The van der Waals surface area contributed by atoms with E-state index < -0.39 is 26.5 Å². The highest BCUT2D eigenvalue weighted by Crippen LogP contribution is 2.38. The third-order valence-electron chi connectivity index (χ3n) is 16.6. The van der Waals surface area contributed by atoms with Gasteiger partial charge in [0.1, 0.15) is 19.8 Å². The van der Waals surface area contributed by atoms with Crippen LogP contribution in [-0.4, -0.2) is 70.0 Å². The molecule has 0 saturated heterocycles. The van der Waals surface area contributed by atoms with Crippen molar-refractivity contribution in [3.05, 3.63) is 60.8 Å². The number of quaternary nitrogens is 1. The van der Waals surface area contributed by atoms with Gasteiger partial charge in [0.25, 0.3) is 7.82 Å². The van der Waals surface area contributed by atoms with Crippen LogP contribution in [0.25, 0.3) is 0 Å². The van der Waals surface area contributed by atoms with Gasteiger partial charge in [-0.25, -0.2) is 0 Å². The van der Waals surface area contributed by atoms with Crippen LogP contribution < -0.4 is 4.89 Å². The normalized spacial score (nSPS) is 13.4. The number of ether oxygens (including phenoxy) is 2. The van der Waals surface area contributed by atoms with Crippen molar-refractivity contribution in [1.82, 2.24) is 0 Å². The van der Waals surface area contributed by atoms with Crippen molar-refractivity contribution in [1.29, 1.82) is 0 Å². The van der Waals surface area contributed by atoms with Crippen molar-refractivity contribution < 1.29 is 42.1 Å². The van der Waals surface area contributed by atoms with Crippen molar-refractivity contribution in [2.24, 2.45) is 0 Å². The standard InChI is InChI=1S/C76H142NO8P/c1-6-8-10-12-14-16-18-20-22-24-26-28-29-30-31-32-33-34-35-36-37-38-39-40-41-42-43-44-45-46-47-49-51-53-55-57-59-61-63-65-67-69-76(79)85-74(73-84-86(80,81)83-71-70-77(3,4)5)72-82-75(78)68-66-64-62-60-58-56-54-52-50-48-27-25-23-21-19-17-15-13-11-9-7-2/h8,10,14,16,20,22,26,28,30-31,74H,6-7,9,11-13,15,17-19,21,23-25,27,29,32-73H2,1-5H3/b10-8-,16-14-,22-20-,28-26-,31-30-. The molecule has 0 bridgehead atoms. The van der Waals surface area contributed by atoms with E-state index >= 15 is 0 Å². The quantitative estimate of drug-likeness (QED) is 0.0195. The Morgan fingerprint density at radius 3 is 0.988 bits per heavy atom. The molecular formula is C76H142NO8P. The molecule has 0 rings (SSSR count). The van der Waals surface area contributed by atoms with Gasteiger partial charge in [-0.15, -0.1) is 0 Å². The van der Waals surface area contributed by atoms with E-state index in [2.05, 4.69) is 74.6 Å². The fourth-order valence-electron chi connectivity index (χ4n) is 10.9. The van der Waals surface area contributed by atoms with Crippen molar-refractivity contribution in [2.75, 3.05) is 47.5 Å². The van der Waals surface area contributed by atoms with Crippen LogP contribution in [0.5, 0.6) is 0 Å². The summed E-state index contributed by atoms with van der Waals surface area (Å²) >= 11 is 0. The second kappa shape index (κ2) is 67.1. The van der Waals surface area contributed by atoms with Crippen LogP contribution in [0.4, 0.5) is 0 Å². The maximum absolute atomic E-state index is 12.9. The van der Waals surface area contributed by atoms with E-state index in [1.165, 1.54) is 263 Å². The molecule has 0 spiro atoms. The lowest BCUT2D eigenvalue weighted by Gasteiger charge is -2.28. The fraction of sp³-hybridized carbons (Fsp3) is 0.842. The molecule has 0 N–H and O–H groups in total. The van der Waals surface area contributed by atoms with E-state index in [-0.39, 0.29) is 32.0 Å². The largest absolute Gasteiger partial charge is 0.756 e. The second-order valence-corrected chi connectivity index (χ2v) is 27.7. The van der Waals surface area contributed by atoms with Gasteiger partial charge >= 0.3 is 11.9 Å². The average molecular weight is 1230 g/mol. The molecule has 0 aromatic rings. The van der Waals surface area contributed by atoms with E-state index in [9.17, 15) is 19.0 Å². The topological polar surface area (TPSA) is 111 Å². The third-order valence-corrected chi connectivity index (χ3v) is 17.5. The fourth-order valence-corrected chi connectivity index (χ4v) is 11.7. The first-order valence-electron chi connectivity index (χ1n) is 37.0. The molecule has 0 heterocycles. The van der Waals surface area contributed by atoms with Gasteiger partial charge in [-0.2, -0.15) is 0 Å². The number of hydrogen-bond acceptors (Lipinski definition) is 8. The maximum atomic E-state index is 12.9. The third kappa shape index (κ3) is 70.8. The summed E-state index contributed by atoms with van der Waals surface area (Å²) in [6.07, 6.45) is 89.0. The predicted octanol–water partition coefficient (Wildman–Crippen LogP) is 23.5. The van der Waals surface area contributed by atoms with E-state index in [1.807, 2.05) is 21.1 Å². The number of carbonyl (C=O) groups is 2. The number of phosphoric ester groups is 1. The van der Waals surface area contributed by atoms with Crippen LogP contribution in [-0.2, 0) is 32.7 Å². The molecule has 0 fully saturated rings. The molecule has 0 aliphatic carbocycles. The number of unbranched alkanes of at least 4 members (excludes halogenated alkanes) is 45. The minimum absolute atomic E-state index is 0.0276. The van der Waals surface area contributed by atoms with Gasteiger partial charge in [0.2, 0.25) is 0 Å². The highest BCUT2D eigenvalue weighted by Gasteiger charge is 2.22. The molecule has 0 amide bonds. The van der Waals surface area contributed by atoms with E-state index in [0.717, 1.165) is 64.2 Å². The average Bonchev–Trinajstić information content (AvgIpc) is 3.70. The lowest BCUT2D eigenvalue weighted by Crippen LogP contribution is -2.37. The zero-order chi connectivity index (χ0) is 62.6. The molecule has 0 aliphatic heterocycles. The van der Waals surface area contributed by atoms with Crippen molar-refractivity contribution in [3.8, 4) is 0 Å². The van der Waals surface area contributed by atoms with E-state index in [4.69, 9.17) is 18.5 Å². The summed E-state index contributed by atoms with van der Waals surface area (Å²) in [5, 5.41) is 0. The molecule has 2 atom stereocenters. The molecule has 0 radical (unpaired) electrons. The summed E-state index contributed by atoms with van der Waals surface area (Å²) in [4.78, 5) is 38.1. The van der Waals surface area contributed by atoms with Crippen LogP contribution in [0, 0.1) is 0 Å². The monoisotopic (exact) mass is 1230 g/mol. The Labute approximate surface area is 534 Å². The summed E-state index contributed by atoms with van der Waals surface area (Å²) in [6, 6.07) is 0. The summed E-state index contributed by atoms with van der Waals surface area (Å²) in [7, 11) is 1.19. The number of nitrogens with zero attached hydrogens (tertiary/aromatic N) is 1. The highest BCUT2D eigenvalue weighted by molar-refractivity contribution is 7.45. The SMILES string of the molecule is CC/C=C\C/C=C\C/C=C\C/C=C\C/C=C\CCCCCCCCCCCCCCCCCCCCCCCCCCCC(=O)OC(COC(=O)CCCCCCCCCCCCCCCCCCCCCCC)COP(=O)([O-])OCC[N+](C)(C)C. The van der Waals surface area contributed by atoms with Crippen LogP contribution in [0.1, 0.15) is 361 Å². The Kier molecular flexibility index (Phi) is 65.3. The van der Waals surface area contributed by atoms with Crippen molar-refractivity contribution in [3.63, 3.8) is 0 Å². The smallest absolute Gasteiger partial charge is 0.306 e. The zero-order valence-corrected chi connectivity index (χ0v) is 58.4. The van der Waals surface area contributed by atoms with Crippen LogP contribution in [0.3, 0.4) is 0 Å². The first kappa shape index (κ1) is 83.7.